The fourth-order valence-corrected chi connectivity index (χ4v) is 5.20. The van der Waals surface area contributed by atoms with E-state index < -0.39 is 0 Å². The summed E-state index contributed by atoms with van der Waals surface area (Å²) in [7, 11) is 0. The summed E-state index contributed by atoms with van der Waals surface area (Å²) in [6.07, 6.45) is 4.55. The van der Waals surface area contributed by atoms with Crippen LogP contribution < -0.4 is 5.56 Å². The molecule has 29 heavy (non-hydrogen) atoms. The Labute approximate surface area is 173 Å². The van der Waals surface area contributed by atoms with E-state index in [4.69, 9.17) is 4.74 Å². The molecular formula is C20H26N4O4S. The smallest absolute Gasteiger partial charge is 0.264 e. The van der Waals surface area contributed by atoms with Crippen LogP contribution in [0.4, 0.5) is 0 Å². The van der Waals surface area contributed by atoms with Gasteiger partial charge >= 0.3 is 0 Å². The van der Waals surface area contributed by atoms with Crippen molar-refractivity contribution in [3.8, 4) is 0 Å². The van der Waals surface area contributed by atoms with Gasteiger partial charge in [-0.3, -0.25) is 19.0 Å². The minimum absolute atomic E-state index is 0.0197. The molecule has 4 heterocycles. The molecule has 0 aromatic carbocycles. The largest absolute Gasteiger partial charge is 0.378 e. The van der Waals surface area contributed by atoms with Crippen molar-refractivity contribution in [1.82, 2.24) is 19.4 Å². The number of aryl methyl sites for hydroxylation is 1. The van der Waals surface area contributed by atoms with E-state index in [-0.39, 0.29) is 30.0 Å². The summed E-state index contributed by atoms with van der Waals surface area (Å²) < 4.78 is 6.68. The molecule has 0 aliphatic carbocycles. The SMILES string of the molecule is Cc1c(C(=O)N2CCOCC2)sc2ncn(CC(=O)N3CCCCC3C)c(=O)c12. The standard InChI is InChI=1S/C20H26N4O4S/c1-13-5-3-4-6-24(13)15(25)11-23-12-21-18-16(19(23)26)14(2)17(29-18)20(27)22-7-9-28-10-8-22/h12-13H,3-11H2,1-2H3. The van der Waals surface area contributed by atoms with Gasteiger partial charge in [-0.15, -0.1) is 11.3 Å². The molecule has 2 aliphatic heterocycles. The van der Waals surface area contributed by atoms with Crippen molar-refractivity contribution in [1.29, 1.82) is 0 Å². The van der Waals surface area contributed by atoms with Crippen LogP contribution in [0.3, 0.4) is 0 Å². The molecule has 2 aromatic heterocycles. The number of carbonyl (C=O) groups excluding carboxylic acids is 2. The molecule has 1 unspecified atom stereocenters. The molecule has 2 amide bonds. The Hall–Kier alpha value is -2.26. The number of ether oxygens (including phenoxy) is 1. The number of piperidine rings is 1. The van der Waals surface area contributed by atoms with Crippen molar-refractivity contribution in [2.45, 2.75) is 45.7 Å². The molecule has 2 aromatic rings. The summed E-state index contributed by atoms with van der Waals surface area (Å²) in [5.74, 6) is -0.143. The van der Waals surface area contributed by atoms with E-state index in [1.54, 1.807) is 11.8 Å². The first-order chi connectivity index (χ1) is 14.0. The maximum absolute atomic E-state index is 13.1. The van der Waals surface area contributed by atoms with Gasteiger partial charge in [-0.1, -0.05) is 0 Å². The van der Waals surface area contributed by atoms with Crippen LogP contribution in [0, 0.1) is 6.92 Å². The quantitative estimate of drug-likeness (QED) is 0.757. The number of likely N-dealkylation sites (tertiary alicyclic amines) is 1. The Balaban J connectivity index is 1.62. The Morgan fingerprint density at radius 1 is 1.24 bits per heavy atom. The van der Waals surface area contributed by atoms with Crippen LogP contribution in [-0.2, 0) is 16.1 Å². The van der Waals surface area contributed by atoms with Gasteiger partial charge in [-0.2, -0.15) is 0 Å². The lowest BCUT2D eigenvalue weighted by Crippen LogP contribution is -2.44. The molecule has 2 fully saturated rings. The lowest BCUT2D eigenvalue weighted by molar-refractivity contribution is -0.135. The van der Waals surface area contributed by atoms with Gasteiger partial charge in [-0.25, -0.2) is 4.98 Å². The number of fused-ring (bicyclic) bond motifs is 1. The maximum Gasteiger partial charge on any atom is 0.264 e. The zero-order valence-corrected chi connectivity index (χ0v) is 17.7. The van der Waals surface area contributed by atoms with Gasteiger partial charge in [-0.05, 0) is 38.7 Å². The van der Waals surface area contributed by atoms with Gasteiger partial charge in [0.15, 0.2) is 0 Å². The first-order valence-electron chi connectivity index (χ1n) is 10.1. The zero-order chi connectivity index (χ0) is 20.5. The van der Waals surface area contributed by atoms with Crippen molar-refractivity contribution >= 4 is 33.4 Å². The normalized spacial score (nSPS) is 20.3. The summed E-state index contributed by atoms with van der Waals surface area (Å²) in [5, 5.41) is 0.439. The number of nitrogens with zero attached hydrogens (tertiary/aromatic N) is 4. The van der Waals surface area contributed by atoms with Crippen LogP contribution in [0.1, 0.15) is 41.4 Å². The minimum atomic E-state index is -0.261. The van der Waals surface area contributed by atoms with E-state index in [0.717, 1.165) is 25.8 Å². The number of carbonyl (C=O) groups is 2. The summed E-state index contributed by atoms with van der Waals surface area (Å²) in [6, 6.07) is 0.198. The molecule has 1 atom stereocenters. The van der Waals surface area contributed by atoms with E-state index in [9.17, 15) is 14.4 Å². The molecule has 8 nitrogen and oxygen atoms in total. The topological polar surface area (TPSA) is 84.7 Å². The summed E-state index contributed by atoms with van der Waals surface area (Å²) in [4.78, 5) is 47.8. The number of hydrogen-bond acceptors (Lipinski definition) is 6. The molecule has 0 spiro atoms. The Morgan fingerprint density at radius 2 is 2.00 bits per heavy atom. The van der Waals surface area contributed by atoms with Crippen LogP contribution in [0.5, 0.6) is 0 Å². The number of morpholine rings is 1. The monoisotopic (exact) mass is 418 g/mol. The number of rotatable bonds is 3. The number of amides is 2. The third kappa shape index (κ3) is 3.81. The second kappa shape index (κ2) is 8.23. The predicted molar refractivity (Wildman–Crippen MR) is 110 cm³/mol. The summed E-state index contributed by atoms with van der Waals surface area (Å²) >= 11 is 1.24. The van der Waals surface area contributed by atoms with E-state index in [1.807, 2.05) is 11.8 Å². The number of thiophene rings is 1. The molecule has 0 saturated carbocycles. The van der Waals surface area contributed by atoms with Crippen LogP contribution in [0.2, 0.25) is 0 Å². The lowest BCUT2D eigenvalue weighted by atomic mass is 10.0. The van der Waals surface area contributed by atoms with Gasteiger partial charge in [0.2, 0.25) is 5.91 Å². The molecule has 2 aliphatic rings. The Bertz CT molecular complexity index is 992. The van der Waals surface area contributed by atoms with Crippen molar-refractivity contribution < 1.29 is 14.3 Å². The lowest BCUT2D eigenvalue weighted by Gasteiger charge is -2.33. The average Bonchev–Trinajstić information content (AvgIpc) is 3.07. The summed E-state index contributed by atoms with van der Waals surface area (Å²) in [6.45, 7) is 6.70. The highest BCUT2D eigenvalue weighted by Gasteiger charge is 2.26. The molecule has 156 valence electrons. The zero-order valence-electron chi connectivity index (χ0n) is 16.8. The fourth-order valence-electron chi connectivity index (χ4n) is 4.09. The van der Waals surface area contributed by atoms with Crippen molar-refractivity contribution in [3.05, 3.63) is 27.1 Å². The van der Waals surface area contributed by atoms with Crippen LogP contribution in [0.15, 0.2) is 11.1 Å². The van der Waals surface area contributed by atoms with Gasteiger partial charge in [0.05, 0.1) is 29.8 Å². The van der Waals surface area contributed by atoms with Gasteiger partial charge in [0.1, 0.15) is 11.4 Å². The predicted octanol–water partition coefficient (Wildman–Crippen LogP) is 1.64. The third-order valence-corrected chi connectivity index (χ3v) is 7.03. The van der Waals surface area contributed by atoms with Gasteiger partial charge in [0, 0.05) is 25.7 Å². The first-order valence-corrected chi connectivity index (χ1v) is 10.9. The highest BCUT2D eigenvalue weighted by Crippen LogP contribution is 2.28. The Morgan fingerprint density at radius 3 is 2.72 bits per heavy atom. The Kier molecular flexibility index (Phi) is 5.69. The highest BCUT2D eigenvalue weighted by molar-refractivity contribution is 7.20. The minimum Gasteiger partial charge on any atom is -0.378 e. The van der Waals surface area contributed by atoms with Gasteiger partial charge < -0.3 is 14.5 Å². The van der Waals surface area contributed by atoms with E-state index in [1.165, 1.54) is 22.2 Å². The maximum atomic E-state index is 13.1. The van der Waals surface area contributed by atoms with Crippen LogP contribution in [-0.4, -0.2) is 70.1 Å². The van der Waals surface area contributed by atoms with E-state index in [2.05, 4.69) is 4.98 Å². The van der Waals surface area contributed by atoms with Crippen molar-refractivity contribution in [2.24, 2.45) is 0 Å². The molecule has 0 N–H and O–H groups in total. The van der Waals surface area contributed by atoms with Crippen molar-refractivity contribution in [3.63, 3.8) is 0 Å². The molecule has 2 saturated heterocycles. The second-order valence-electron chi connectivity index (χ2n) is 7.75. The molecule has 0 bridgehead atoms. The molecule has 0 radical (unpaired) electrons. The highest BCUT2D eigenvalue weighted by atomic mass is 32.1. The van der Waals surface area contributed by atoms with Crippen LogP contribution in [0.25, 0.3) is 10.2 Å². The average molecular weight is 419 g/mol. The number of hydrogen-bond donors (Lipinski definition) is 0. The fraction of sp³-hybridized carbons (Fsp3) is 0.600. The van der Waals surface area contributed by atoms with Gasteiger partial charge in [0.25, 0.3) is 11.5 Å². The molecular weight excluding hydrogens is 392 g/mol. The molecule has 4 rings (SSSR count). The van der Waals surface area contributed by atoms with E-state index in [0.29, 0.717) is 47.0 Å². The van der Waals surface area contributed by atoms with Crippen molar-refractivity contribution in [2.75, 3.05) is 32.8 Å². The third-order valence-electron chi connectivity index (χ3n) is 5.84. The first kappa shape index (κ1) is 20.0. The molecule has 9 heteroatoms. The van der Waals surface area contributed by atoms with E-state index >= 15 is 0 Å². The second-order valence-corrected chi connectivity index (χ2v) is 8.75. The number of aromatic nitrogens is 2. The van der Waals surface area contributed by atoms with Crippen LogP contribution >= 0.6 is 11.3 Å². The summed E-state index contributed by atoms with van der Waals surface area (Å²) in [5.41, 5.74) is 0.384.